The second-order valence-electron chi connectivity index (χ2n) is 5.44. The molecule has 0 aliphatic rings. The third-order valence-electron chi connectivity index (χ3n) is 3.30. The maximum Gasteiger partial charge on any atom is 0.240 e. The molecule has 0 rings (SSSR count). The van der Waals surface area contributed by atoms with Crippen LogP contribution in [0.15, 0.2) is 0 Å². The summed E-state index contributed by atoms with van der Waals surface area (Å²) in [7, 11) is 0. The smallest absolute Gasteiger partial charge is 0.240 e. The Kier molecular flexibility index (Phi) is 14.9. The molecule has 0 aliphatic heterocycles. The molecule has 0 radical (unpaired) electrons. The second kappa shape index (κ2) is 14.4. The Morgan fingerprint density at radius 1 is 0.667 bits per heavy atom. The van der Waals surface area contributed by atoms with Gasteiger partial charge in [-0.3, -0.25) is 0 Å². The van der Waals surface area contributed by atoms with E-state index in [0.717, 1.165) is 25.7 Å². The standard InChI is InChI=1S/C16H31Cl3O2/c1-3-5-7-9-11-13-20-15(16(17,18)19)21-14-12-10-8-6-4-2/h15H,3-14H2,1-2H3. The molecule has 0 spiro atoms. The fraction of sp³-hybridized carbons (Fsp3) is 1.00. The van der Waals surface area contributed by atoms with E-state index in [1.807, 2.05) is 0 Å². The molecule has 0 aromatic carbocycles. The second-order valence-corrected chi connectivity index (χ2v) is 7.81. The van der Waals surface area contributed by atoms with E-state index < -0.39 is 10.1 Å². The van der Waals surface area contributed by atoms with Gasteiger partial charge in [0.25, 0.3) is 0 Å². The average Bonchev–Trinajstić information content (AvgIpc) is 2.42. The monoisotopic (exact) mass is 360 g/mol. The molecule has 0 saturated carbocycles. The van der Waals surface area contributed by atoms with Crippen LogP contribution in [0.25, 0.3) is 0 Å². The highest BCUT2D eigenvalue weighted by atomic mass is 35.6. The van der Waals surface area contributed by atoms with Crippen molar-refractivity contribution in [3.63, 3.8) is 0 Å². The first kappa shape index (κ1) is 21.8. The van der Waals surface area contributed by atoms with Crippen LogP contribution in [0.4, 0.5) is 0 Å². The minimum atomic E-state index is -1.52. The maximum atomic E-state index is 5.91. The van der Waals surface area contributed by atoms with Crippen LogP contribution >= 0.6 is 34.8 Å². The van der Waals surface area contributed by atoms with E-state index >= 15 is 0 Å². The van der Waals surface area contributed by atoms with Gasteiger partial charge in [-0.1, -0.05) is 100 Å². The molecule has 128 valence electrons. The highest BCUT2D eigenvalue weighted by Crippen LogP contribution is 2.33. The largest absolute Gasteiger partial charge is 0.349 e. The summed E-state index contributed by atoms with van der Waals surface area (Å²) in [5.74, 6) is 0. The van der Waals surface area contributed by atoms with Gasteiger partial charge >= 0.3 is 0 Å². The van der Waals surface area contributed by atoms with E-state index in [9.17, 15) is 0 Å². The van der Waals surface area contributed by atoms with Crippen LogP contribution in [0.2, 0.25) is 0 Å². The summed E-state index contributed by atoms with van der Waals surface area (Å²) >= 11 is 17.7. The zero-order valence-electron chi connectivity index (χ0n) is 13.5. The van der Waals surface area contributed by atoms with Crippen molar-refractivity contribution in [2.24, 2.45) is 0 Å². The van der Waals surface area contributed by atoms with Gasteiger partial charge in [-0.05, 0) is 12.8 Å². The first-order chi connectivity index (χ1) is 10.0. The molecule has 0 heterocycles. The van der Waals surface area contributed by atoms with E-state index in [4.69, 9.17) is 44.3 Å². The maximum absolute atomic E-state index is 5.91. The number of alkyl halides is 3. The summed E-state index contributed by atoms with van der Waals surface area (Å²) in [4.78, 5) is 0. The van der Waals surface area contributed by atoms with Crippen LogP contribution in [0.1, 0.15) is 78.1 Å². The predicted molar refractivity (Wildman–Crippen MR) is 93.5 cm³/mol. The van der Waals surface area contributed by atoms with E-state index in [1.165, 1.54) is 38.5 Å². The highest BCUT2D eigenvalue weighted by Gasteiger charge is 2.34. The Hall–Kier alpha value is 0.790. The molecule has 2 nitrogen and oxygen atoms in total. The van der Waals surface area contributed by atoms with Gasteiger partial charge in [-0.25, -0.2) is 0 Å². The molecule has 5 heteroatoms. The third kappa shape index (κ3) is 14.1. The van der Waals surface area contributed by atoms with Crippen molar-refractivity contribution in [3.8, 4) is 0 Å². The zero-order valence-corrected chi connectivity index (χ0v) is 15.8. The van der Waals surface area contributed by atoms with Crippen LogP contribution in [0.5, 0.6) is 0 Å². The Balaban J connectivity index is 3.74. The summed E-state index contributed by atoms with van der Waals surface area (Å²) in [5.41, 5.74) is 0. The van der Waals surface area contributed by atoms with E-state index in [-0.39, 0.29) is 0 Å². The van der Waals surface area contributed by atoms with Gasteiger partial charge in [-0.2, -0.15) is 0 Å². The van der Waals surface area contributed by atoms with Crippen LogP contribution in [-0.4, -0.2) is 23.3 Å². The Morgan fingerprint density at radius 2 is 1.05 bits per heavy atom. The predicted octanol–water partition coefficient (Wildman–Crippen LogP) is 6.66. The molecule has 0 aromatic heterocycles. The van der Waals surface area contributed by atoms with E-state index in [0.29, 0.717) is 13.2 Å². The molecule has 0 aliphatic carbocycles. The molecule has 0 atom stereocenters. The summed E-state index contributed by atoms with van der Waals surface area (Å²) in [6, 6.07) is 0. The van der Waals surface area contributed by atoms with Crippen molar-refractivity contribution in [1.29, 1.82) is 0 Å². The Bertz CT molecular complexity index is 204. The molecule has 0 amide bonds. The van der Waals surface area contributed by atoms with Gasteiger partial charge in [-0.15, -0.1) is 0 Å². The zero-order chi connectivity index (χ0) is 16.0. The number of hydrogen-bond donors (Lipinski definition) is 0. The lowest BCUT2D eigenvalue weighted by Crippen LogP contribution is -2.32. The van der Waals surface area contributed by atoms with Crippen molar-refractivity contribution in [2.45, 2.75) is 88.1 Å². The van der Waals surface area contributed by atoms with Gasteiger partial charge in [0, 0.05) is 13.2 Å². The topological polar surface area (TPSA) is 18.5 Å². The van der Waals surface area contributed by atoms with Crippen LogP contribution < -0.4 is 0 Å². The van der Waals surface area contributed by atoms with Crippen molar-refractivity contribution < 1.29 is 9.47 Å². The summed E-state index contributed by atoms with van der Waals surface area (Å²) < 4.78 is 9.67. The Labute approximate surface area is 145 Å². The van der Waals surface area contributed by atoms with Crippen LogP contribution in [-0.2, 0) is 9.47 Å². The molecular weight excluding hydrogens is 331 g/mol. The van der Waals surface area contributed by atoms with Crippen LogP contribution in [0, 0.1) is 0 Å². The molecule has 0 bridgehead atoms. The van der Waals surface area contributed by atoms with Gasteiger partial charge in [0.05, 0.1) is 0 Å². The van der Waals surface area contributed by atoms with Gasteiger partial charge in [0.15, 0.2) is 0 Å². The van der Waals surface area contributed by atoms with Gasteiger partial charge in [0.2, 0.25) is 10.1 Å². The first-order valence-electron chi connectivity index (χ1n) is 8.32. The molecule has 21 heavy (non-hydrogen) atoms. The van der Waals surface area contributed by atoms with E-state index in [1.54, 1.807) is 0 Å². The summed E-state index contributed by atoms with van der Waals surface area (Å²) in [6.45, 7) is 5.56. The van der Waals surface area contributed by atoms with Crippen LogP contribution in [0.3, 0.4) is 0 Å². The number of hydrogen-bond acceptors (Lipinski definition) is 2. The highest BCUT2D eigenvalue weighted by molar-refractivity contribution is 6.67. The average molecular weight is 362 g/mol. The van der Waals surface area contributed by atoms with Crippen molar-refractivity contribution in [2.75, 3.05) is 13.2 Å². The lowest BCUT2D eigenvalue weighted by Gasteiger charge is -2.24. The van der Waals surface area contributed by atoms with Gasteiger partial charge < -0.3 is 9.47 Å². The number of halogens is 3. The summed E-state index contributed by atoms with van der Waals surface area (Å²) in [5, 5.41) is 0. The van der Waals surface area contributed by atoms with Crippen molar-refractivity contribution in [3.05, 3.63) is 0 Å². The van der Waals surface area contributed by atoms with E-state index in [2.05, 4.69) is 13.8 Å². The normalized spacial score (nSPS) is 12.3. The number of unbranched alkanes of at least 4 members (excludes halogenated alkanes) is 8. The Morgan fingerprint density at radius 3 is 1.38 bits per heavy atom. The first-order valence-corrected chi connectivity index (χ1v) is 9.45. The number of rotatable bonds is 14. The molecule has 0 fully saturated rings. The fourth-order valence-corrected chi connectivity index (χ4v) is 2.41. The molecule has 0 N–H and O–H groups in total. The molecule has 0 saturated heterocycles. The lowest BCUT2D eigenvalue weighted by molar-refractivity contribution is -0.140. The van der Waals surface area contributed by atoms with Gasteiger partial charge in [0.1, 0.15) is 0 Å². The molecule has 0 unspecified atom stereocenters. The number of ether oxygens (including phenoxy) is 2. The SMILES string of the molecule is CCCCCCCOC(OCCCCCCC)C(Cl)(Cl)Cl. The fourth-order valence-electron chi connectivity index (χ4n) is 2.03. The van der Waals surface area contributed by atoms with Crippen molar-refractivity contribution >= 4 is 34.8 Å². The quantitative estimate of drug-likeness (QED) is 0.196. The minimum absolute atomic E-state index is 0.581. The molecular formula is C16H31Cl3O2. The lowest BCUT2D eigenvalue weighted by atomic mass is 10.2. The van der Waals surface area contributed by atoms with Crippen molar-refractivity contribution in [1.82, 2.24) is 0 Å². The molecule has 0 aromatic rings. The minimum Gasteiger partial charge on any atom is -0.349 e. The summed E-state index contributed by atoms with van der Waals surface area (Å²) in [6.07, 6.45) is 11.0. The third-order valence-corrected chi connectivity index (χ3v) is 3.84.